The fourth-order valence-electron chi connectivity index (χ4n) is 3.35. The van der Waals surface area contributed by atoms with Crippen molar-refractivity contribution >= 4 is 29.0 Å². The Morgan fingerprint density at radius 3 is 2.15 bits per heavy atom. The van der Waals surface area contributed by atoms with Crippen LogP contribution in [0.2, 0.25) is 0 Å². The molecule has 1 saturated carbocycles. The van der Waals surface area contributed by atoms with Crippen molar-refractivity contribution in [1.29, 1.82) is 0 Å². The van der Waals surface area contributed by atoms with Crippen LogP contribution in [0.4, 0.5) is 21.9 Å². The third-order valence-corrected chi connectivity index (χ3v) is 4.69. The van der Waals surface area contributed by atoms with Crippen molar-refractivity contribution in [3.63, 3.8) is 0 Å². The summed E-state index contributed by atoms with van der Waals surface area (Å²) >= 11 is 0. The predicted octanol–water partition coefficient (Wildman–Crippen LogP) is 5.24. The zero-order chi connectivity index (χ0) is 18.2. The maximum Gasteiger partial charge on any atom is 0.323 e. The summed E-state index contributed by atoms with van der Waals surface area (Å²) in [6, 6.07) is 16.1. The Kier molecular flexibility index (Phi) is 6.25. The Balaban J connectivity index is 1.49. The minimum atomic E-state index is -0.319. The lowest BCUT2D eigenvalue weighted by molar-refractivity contribution is -0.116. The van der Waals surface area contributed by atoms with Gasteiger partial charge in [-0.3, -0.25) is 4.79 Å². The maximum absolute atomic E-state index is 12.1. The second-order valence-electron chi connectivity index (χ2n) is 6.76. The zero-order valence-corrected chi connectivity index (χ0v) is 14.8. The molecule has 3 rings (SSSR count). The van der Waals surface area contributed by atoms with E-state index in [4.69, 9.17) is 0 Å². The summed E-state index contributed by atoms with van der Waals surface area (Å²) in [5.74, 6) is 0.734. The minimum Gasteiger partial charge on any atom is -0.326 e. The molecule has 5 heteroatoms. The van der Waals surface area contributed by atoms with Crippen LogP contribution in [0.3, 0.4) is 0 Å². The van der Waals surface area contributed by atoms with Gasteiger partial charge >= 0.3 is 6.03 Å². The molecular formula is C21H25N3O2. The van der Waals surface area contributed by atoms with Crippen LogP contribution in [0, 0.1) is 5.92 Å². The van der Waals surface area contributed by atoms with Gasteiger partial charge in [0, 0.05) is 23.5 Å². The number of urea groups is 1. The van der Waals surface area contributed by atoms with E-state index < -0.39 is 0 Å². The van der Waals surface area contributed by atoms with Crippen LogP contribution in [0.1, 0.15) is 38.5 Å². The van der Waals surface area contributed by atoms with Crippen LogP contribution in [0.15, 0.2) is 54.6 Å². The number of hydrogen-bond acceptors (Lipinski definition) is 2. The smallest absolute Gasteiger partial charge is 0.323 e. The van der Waals surface area contributed by atoms with Crippen LogP contribution >= 0.6 is 0 Å². The van der Waals surface area contributed by atoms with Crippen molar-refractivity contribution < 1.29 is 9.59 Å². The van der Waals surface area contributed by atoms with Gasteiger partial charge in [0.15, 0.2) is 0 Å². The molecule has 0 bridgehead atoms. The lowest BCUT2D eigenvalue weighted by Crippen LogP contribution is -2.19. The molecular weight excluding hydrogens is 326 g/mol. The first-order valence-corrected chi connectivity index (χ1v) is 9.22. The number of amides is 3. The van der Waals surface area contributed by atoms with Gasteiger partial charge in [0.05, 0.1) is 0 Å². The number of anilines is 3. The molecule has 2 aromatic carbocycles. The van der Waals surface area contributed by atoms with E-state index in [0.717, 1.165) is 12.1 Å². The first-order chi connectivity index (χ1) is 12.7. The molecule has 1 aliphatic rings. The average molecular weight is 351 g/mol. The largest absolute Gasteiger partial charge is 0.326 e. The Morgan fingerprint density at radius 2 is 1.42 bits per heavy atom. The molecule has 0 heterocycles. The van der Waals surface area contributed by atoms with E-state index in [1.54, 1.807) is 12.1 Å². The number of carbonyl (C=O) groups excluding carboxylic acids is 2. The first kappa shape index (κ1) is 18.0. The van der Waals surface area contributed by atoms with Crippen molar-refractivity contribution in [2.45, 2.75) is 38.5 Å². The Morgan fingerprint density at radius 1 is 0.808 bits per heavy atom. The van der Waals surface area contributed by atoms with Crippen LogP contribution < -0.4 is 16.0 Å². The van der Waals surface area contributed by atoms with Crippen LogP contribution in [0.25, 0.3) is 0 Å². The van der Waals surface area contributed by atoms with Gasteiger partial charge in [-0.15, -0.1) is 0 Å². The molecule has 0 aromatic heterocycles. The monoisotopic (exact) mass is 351 g/mol. The number of carbonyl (C=O) groups is 2. The number of nitrogens with one attached hydrogen (secondary N) is 3. The minimum absolute atomic E-state index is 0.0304. The van der Waals surface area contributed by atoms with Gasteiger partial charge in [0.25, 0.3) is 0 Å². The molecule has 26 heavy (non-hydrogen) atoms. The topological polar surface area (TPSA) is 70.2 Å². The summed E-state index contributed by atoms with van der Waals surface area (Å²) < 4.78 is 0. The third-order valence-electron chi connectivity index (χ3n) is 4.69. The molecule has 0 radical (unpaired) electrons. The van der Waals surface area contributed by atoms with Gasteiger partial charge in [-0.25, -0.2) is 4.79 Å². The standard InChI is InChI=1S/C21H25N3O2/c25-20(14-13-16-7-4-5-8-16)22-18-11-6-12-19(15-18)24-21(26)23-17-9-2-1-3-10-17/h1-3,6,9-12,15-16H,4-5,7-8,13-14H2,(H,22,25)(H2,23,24,26). The van der Waals surface area contributed by atoms with Crippen LogP contribution in [-0.4, -0.2) is 11.9 Å². The Bertz CT molecular complexity index is 740. The molecule has 0 aliphatic heterocycles. The van der Waals surface area contributed by atoms with Crippen molar-refractivity contribution in [2.24, 2.45) is 5.92 Å². The normalized spacial score (nSPS) is 14.0. The quantitative estimate of drug-likeness (QED) is 0.666. The molecule has 5 nitrogen and oxygen atoms in total. The second kappa shape index (κ2) is 9.04. The average Bonchev–Trinajstić information content (AvgIpc) is 3.14. The molecule has 3 N–H and O–H groups in total. The molecule has 2 aromatic rings. The highest BCUT2D eigenvalue weighted by atomic mass is 16.2. The van der Waals surface area contributed by atoms with E-state index in [1.807, 2.05) is 42.5 Å². The molecule has 0 atom stereocenters. The molecule has 0 unspecified atom stereocenters. The number of para-hydroxylation sites is 1. The maximum atomic E-state index is 12.1. The third kappa shape index (κ3) is 5.62. The Hall–Kier alpha value is -2.82. The summed E-state index contributed by atoms with van der Waals surface area (Å²) in [7, 11) is 0. The summed E-state index contributed by atoms with van der Waals surface area (Å²) in [4.78, 5) is 24.2. The number of rotatable bonds is 6. The summed E-state index contributed by atoms with van der Waals surface area (Å²) in [5, 5.41) is 8.46. The van der Waals surface area contributed by atoms with E-state index in [9.17, 15) is 9.59 Å². The molecule has 136 valence electrons. The summed E-state index contributed by atoms with van der Waals surface area (Å²) in [6.45, 7) is 0. The van der Waals surface area contributed by atoms with E-state index in [2.05, 4.69) is 16.0 Å². The predicted molar refractivity (Wildman–Crippen MR) is 105 cm³/mol. The van der Waals surface area contributed by atoms with E-state index in [-0.39, 0.29) is 11.9 Å². The first-order valence-electron chi connectivity index (χ1n) is 9.22. The van der Waals surface area contributed by atoms with Gasteiger partial charge in [-0.2, -0.15) is 0 Å². The second-order valence-corrected chi connectivity index (χ2v) is 6.76. The molecule has 0 spiro atoms. The van der Waals surface area contributed by atoms with Gasteiger partial charge in [-0.1, -0.05) is 49.9 Å². The van der Waals surface area contributed by atoms with Gasteiger partial charge in [-0.05, 0) is 42.7 Å². The van der Waals surface area contributed by atoms with Crippen molar-refractivity contribution in [1.82, 2.24) is 0 Å². The Labute approximate surface area is 154 Å². The molecule has 1 aliphatic carbocycles. The summed E-state index contributed by atoms with van der Waals surface area (Å²) in [6.07, 6.45) is 6.61. The molecule has 3 amide bonds. The summed E-state index contributed by atoms with van der Waals surface area (Å²) in [5.41, 5.74) is 2.05. The van der Waals surface area contributed by atoms with Crippen molar-refractivity contribution in [3.05, 3.63) is 54.6 Å². The van der Waals surface area contributed by atoms with Crippen LogP contribution in [0.5, 0.6) is 0 Å². The highest BCUT2D eigenvalue weighted by Gasteiger charge is 2.16. The van der Waals surface area contributed by atoms with Crippen molar-refractivity contribution in [3.8, 4) is 0 Å². The van der Waals surface area contributed by atoms with E-state index in [1.165, 1.54) is 25.7 Å². The van der Waals surface area contributed by atoms with Crippen LogP contribution in [-0.2, 0) is 4.79 Å². The fraction of sp³-hybridized carbons (Fsp3) is 0.333. The molecule has 1 fully saturated rings. The number of benzene rings is 2. The molecule has 0 saturated heterocycles. The van der Waals surface area contributed by atoms with Crippen molar-refractivity contribution in [2.75, 3.05) is 16.0 Å². The highest BCUT2D eigenvalue weighted by Crippen LogP contribution is 2.28. The zero-order valence-electron chi connectivity index (χ0n) is 14.8. The fourth-order valence-corrected chi connectivity index (χ4v) is 3.35. The SMILES string of the molecule is O=C(CCC1CCCC1)Nc1cccc(NC(=O)Nc2ccccc2)c1. The van der Waals surface area contributed by atoms with Gasteiger partial charge < -0.3 is 16.0 Å². The van der Waals surface area contributed by atoms with E-state index in [0.29, 0.717) is 23.7 Å². The van der Waals surface area contributed by atoms with Gasteiger partial charge in [0.2, 0.25) is 5.91 Å². The number of hydrogen-bond donors (Lipinski definition) is 3. The highest BCUT2D eigenvalue weighted by molar-refractivity contribution is 6.00. The lowest BCUT2D eigenvalue weighted by atomic mass is 10.0. The van der Waals surface area contributed by atoms with Gasteiger partial charge in [0.1, 0.15) is 0 Å². The lowest BCUT2D eigenvalue weighted by Gasteiger charge is -2.11. The van der Waals surface area contributed by atoms with E-state index >= 15 is 0 Å².